The number of aliphatic hydroxyl groups excluding tert-OH is 1. The smallest absolute Gasteiger partial charge is 0.330 e. The predicted octanol–water partition coefficient (Wildman–Crippen LogP) is 2.37. The fraction of sp³-hybridized carbons (Fsp3) is 0.441. The number of aryl methyl sites for hydroxylation is 1. The molecule has 13 nitrogen and oxygen atoms in total. The lowest BCUT2D eigenvalue weighted by molar-refractivity contribution is -0.164. The summed E-state index contributed by atoms with van der Waals surface area (Å²) in [6.45, 7) is 6.14. The molecule has 13 heteroatoms. The number of aliphatic hydroxyl groups is 1. The van der Waals surface area contributed by atoms with Crippen LogP contribution in [0.3, 0.4) is 0 Å². The van der Waals surface area contributed by atoms with Crippen molar-refractivity contribution in [3.63, 3.8) is 0 Å². The van der Waals surface area contributed by atoms with Crippen LogP contribution in [0.15, 0.2) is 55.1 Å². The summed E-state index contributed by atoms with van der Waals surface area (Å²) < 4.78 is 21.9. The van der Waals surface area contributed by atoms with E-state index in [1.807, 2.05) is 12.1 Å². The van der Waals surface area contributed by atoms with Crippen LogP contribution >= 0.6 is 0 Å². The van der Waals surface area contributed by atoms with Crippen molar-refractivity contribution in [2.24, 2.45) is 5.41 Å². The molecule has 1 aliphatic rings. The Balaban J connectivity index is 1.86. The van der Waals surface area contributed by atoms with E-state index in [1.54, 1.807) is 37.4 Å². The summed E-state index contributed by atoms with van der Waals surface area (Å²) >= 11 is 0. The van der Waals surface area contributed by atoms with Gasteiger partial charge in [0, 0.05) is 31.4 Å². The van der Waals surface area contributed by atoms with Gasteiger partial charge in [0.25, 0.3) is 5.91 Å². The molecule has 2 aromatic rings. The largest absolute Gasteiger partial charge is 0.493 e. The number of ether oxygens (including phenoxy) is 4. The number of anilines is 1. The number of carbonyl (C=O) groups is 5. The maximum atomic E-state index is 13.8. The highest BCUT2D eigenvalue weighted by Gasteiger charge is 2.42. The molecule has 1 fully saturated rings. The van der Waals surface area contributed by atoms with Crippen LogP contribution in [0.4, 0.5) is 5.69 Å². The number of amides is 2. The Morgan fingerprint density at radius 1 is 1.11 bits per heavy atom. The number of methoxy groups -OCH3 is 2. The fourth-order valence-corrected chi connectivity index (χ4v) is 4.94. The molecule has 2 amide bonds. The highest BCUT2D eigenvalue weighted by Crippen LogP contribution is 2.31. The van der Waals surface area contributed by atoms with Crippen molar-refractivity contribution in [2.45, 2.75) is 45.3 Å². The molecule has 0 spiro atoms. The summed E-state index contributed by atoms with van der Waals surface area (Å²) in [5, 5.41) is 14.9. The molecule has 0 radical (unpaired) electrons. The zero-order valence-corrected chi connectivity index (χ0v) is 27.2. The molecular formula is C34H43N3O10. The number of Topliss-reactive ketones (excluding diaryl/α,β-unsaturated/α-hetero) is 1. The molecule has 1 heterocycles. The molecule has 47 heavy (non-hydrogen) atoms. The van der Waals surface area contributed by atoms with Crippen molar-refractivity contribution in [1.82, 2.24) is 10.2 Å². The molecule has 0 bridgehead atoms. The fourth-order valence-electron chi connectivity index (χ4n) is 4.94. The van der Waals surface area contributed by atoms with E-state index < -0.39 is 41.2 Å². The Morgan fingerprint density at radius 2 is 1.85 bits per heavy atom. The normalized spacial score (nSPS) is 15.2. The first-order valence-corrected chi connectivity index (χ1v) is 15.2. The Labute approximate surface area is 274 Å². The van der Waals surface area contributed by atoms with Gasteiger partial charge in [0.2, 0.25) is 11.7 Å². The number of ketones is 1. The number of nitrogens with zero attached hydrogens (tertiary/aromatic N) is 1. The summed E-state index contributed by atoms with van der Waals surface area (Å²) in [6.07, 6.45) is 0.859. The second kappa shape index (κ2) is 17.2. The molecule has 254 valence electrons. The molecule has 0 saturated carbocycles. The number of hydrogen-bond acceptors (Lipinski definition) is 11. The van der Waals surface area contributed by atoms with Gasteiger partial charge < -0.3 is 39.6 Å². The SMILES string of the molecule is C=CC(=O)OCC(C)(C)C(=O)C(=O)N1CCNCC1C(=O)O[C@H](CCc1ccc(OC)c(OC)c1)c1cccc(NC(=O)CCO)c1. The molecule has 2 aromatic carbocycles. The minimum atomic E-state index is -1.35. The standard InChI is InChI=1S/C34H43N3O10/c1-6-30(40)46-21-34(2,3)31(41)32(42)37-16-15-35-20-25(37)33(43)47-26(12-10-22-11-13-27(44-4)28(18-22)45-5)23-8-7-9-24(19-23)36-29(39)14-17-38/h6-9,11,13,18-19,25-26,35,38H,1,10,12,14-17,20-21H2,2-5H3,(H,36,39)/t25?,26-/m1/s1. The van der Waals surface area contributed by atoms with E-state index in [0.717, 1.165) is 11.6 Å². The third kappa shape index (κ3) is 10.1. The second-order valence-corrected chi connectivity index (χ2v) is 11.5. The van der Waals surface area contributed by atoms with Gasteiger partial charge in [-0.1, -0.05) is 24.8 Å². The molecular weight excluding hydrogens is 610 g/mol. The van der Waals surface area contributed by atoms with Gasteiger partial charge in [-0.25, -0.2) is 9.59 Å². The Morgan fingerprint density at radius 3 is 2.53 bits per heavy atom. The van der Waals surface area contributed by atoms with Crippen LogP contribution < -0.4 is 20.1 Å². The van der Waals surface area contributed by atoms with Gasteiger partial charge in [0.05, 0.1) is 32.7 Å². The molecule has 3 rings (SSSR count). The number of benzene rings is 2. The minimum absolute atomic E-state index is 0.0589. The first-order chi connectivity index (χ1) is 22.4. The van der Waals surface area contributed by atoms with E-state index in [-0.39, 0.29) is 38.6 Å². The van der Waals surface area contributed by atoms with E-state index in [1.165, 1.54) is 25.9 Å². The Kier molecular flexibility index (Phi) is 13.5. The molecule has 1 saturated heterocycles. The monoisotopic (exact) mass is 653 g/mol. The maximum Gasteiger partial charge on any atom is 0.330 e. The van der Waals surface area contributed by atoms with Crippen molar-refractivity contribution < 1.29 is 48.0 Å². The highest BCUT2D eigenvalue weighted by atomic mass is 16.5. The van der Waals surface area contributed by atoms with Crippen LogP contribution in [-0.2, 0) is 39.9 Å². The van der Waals surface area contributed by atoms with Crippen LogP contribution in [0.5, 0.6) is 11.5 Å². The lowest BCUT2D eigenvalue weighted by Crippen LogP contribution is -2.60. The van der Waals surface area contributed by atoms with Gasteiger partial charge in [-0.15, -0.1) is 0 Å². The summed E-state index contributed by atoms with van der Waals surface area (Å²) in [5.74, 6) is -2.41. The highest BCUT2D eigenvalue weighted by molar-refractivity contribution is 6.38. The number of rotatable bonds is 16. The van der Waals surface area contributed by atoms with Gasteiger partial charge in [0.1, 0.15) is 18.8 Å². The molecule has 2 atom stereocenters. The van der Waals surface area contributed by atoms with Crippen molar-refractivity contribution in [1.29, 1.82) is 0 Å². The van der Waals surface area contributed by atoms with Crippen LogP contribution in [0, 0.1) is 5.41 Å². The average Bonchev–Trinajstić information content (AvgIpc) is 3.08. The topological polar surface area (TPSA) is 170 Å². The van der Waals surface area contributed by atoms with E-state index in [2.05, 4.69) is 17.2 Å². The quantitative estimate of drug-likeness (QED) is 0.138. The zero-order chi connectivity index (χ0) is 34.6. The van der Waals surface area contributed by atoms with Gasteiger partial charge in [-0.3, -0.25) is 14.4 Å². The third-order valence-corrected chi connectivity index (χ3v) is 7.61. The third-order valence-electron chi connectivity index (χ3n) is 7.61. The summed E-state index contributed by atoms with van der Waals surface area (Å²) in [4.78, 5) is 65.4. The average molecular weight is 654 g/mol. The van der Waals surface area contributed by atoms with E-state index in [9.17, 15) is 24.0 Å². The van der Waals surface area contributed by atoms with Crippen LogP contribution in [0.2, 0.25) is 0 Å². The van der Waals surface area contributed by atoms with Gasteiger partial charge in [-0.2, -0.15) is 0 Å². The summed E-state index contributed by atoms with van der Waals surface area (Å²) in [6, 6.07) is 11.2. The lowest BCUT2D eigenvalue weighted by Gasteiger charge is -2.36. The predicted molar refractivity (Wildman–Crippen MR) is 172 cm³/mol. The number of nitrogens with one attached hydrogen (secondary N) is 2. The minimum Gasteiger partial charge on any atom is -0.493 e. The molecule has 0 aliphatic carbocycles. The summed E-state index contributed by atoms with van der Waals surface area (Å²) in [5.41, 5.74) is 0.577. The number of carbonyl (C=O) groups excluding carboxylic acids is 5. The van der Waals surface area contributed by atoms with Crippen molar-refractivity contribution >= 4 is 35.2 Å². The van der Waals surface area contributed by atoms with Gasteiger partial charge in [-0.05, 0) is 62.1 Å². The van der Waals surface area contributed by atoms with E-state index >= 15 is 0 Å². The second-order valence-electron chi connectivity index (χ2n) is 11.5. The number of piperazine rings is 1. The van der Waals surface area contributed by atoms with Crippen molar-refractivity contribution in [2.75, 3.05) is 52.4 Å². The lowest BCUT2D eigenvalue weighted by atomic mass is 9.88. The molecule has 0 aromatic heterocycles. The van der Waals surface area contributed by atoms with Gasteiger partial charge in [0.15, 0.2) is 11.5 Å². The van der Waals surface area contributed by atoms with E-state index in [4.69, 9.17) is 24.1 Å². The van der Waals surface area contributed by atoms with Crippen molar-refractivity contribution in [3.05, 3.63) is 66.2 Å². The van der Waals surface area contributed by atoms with E-state index in [0.29, 0.717) is 42.1 Å². The first kappa shape index (κ1) is 36.7. The number of hydrogen-bond donors (Lipinski definition) is 3. The first-order valence-electron chi connectivity index (χ1n) is 15.2. The van der Waals surface area contributed by atoms with Crippen LogP contribution in [0.1, 0.15) is 43.9 Å². The number of esters is 2. The molecule has 1 aliphatic heterocycles. The molecule has 3 N–H and O–H groups in total. The van der Waals surface area contributed by atoms with Crippen LogP contribution in [0.25, 0.3) is 0 Å². The zero-order valence-electron chi connectivity index (χ0n) is 27.2. The van der Waals surface area contributed by atoms with Gasteiger partial charge >= 0.3 is 11.9 Å². The van der Waals surface area contributed by atoms with Crippen molar-refractivity contribution in [3.8, 4) is 11.5 Å². The van der Waals surface area contributed by atoms with Crippen LogP contribution in [-0.4, -0.2) is 92.7 Å². The Hall–Kier alpha value is -4.75. The Bertz CT molecular complexity index is 1460. The molecule has 1 unspecified atom stereocenters. The summed E-state index contributed by atoms with van der Waals surface area (Å²) in [7, 11) is 3.08. The maximum absolute atomic E-state index is 13.8.